The van der Waals surface area contributed by atoms with Crippen LogP contribution in [0.4, 0.5) is 0 Å². The van der Waals surface area contributed by atoms with Crippen molar-refractivity contribution < 1.29 is 0 Å². The van der Waals surface area contributed by atoms with Crippen LogP contribution in [0.15, 0.2) is 36.4 Å². The Morgan fingerprint density at radius 2 is 2.06 bits per heavy atom. The van der Waals surface area contributed by atoms with Gasteiger partial charge in [-0.25, -0.2) is 0 Å². The first-order valence-electron chi connectivity index (χ1n) is 6.61. The van der Waals surface area contributed by atoms with Crippen LogP contribution in [-0.2, 0) is 6.42 Å². The van der Waals surface area contributed by atoms with Crippen LogP contribution in [0.25, 0.3) is 10.8 Å². The molecule has 0 unspecified atom stereocenters. The molecule has 1 aliphatic rings. The summed E-state index contributed by atoms with van der Waals surface area (Å²) in [7, 11) is 2.23. The van der Waals surface area contributed by atoms with Crippen LogP contribution in [0.3, 0.4) is 0 Å². The van der Waals surface area contributed by atoms with E-state index in [2.05, 4.69) is 42.3 Å². The molecule has 94 valence electrons. The fraction of sp³-hybridized carbons (Fsp3) is 0.375. The summed E-state index contributed by atoms with van der Waals surface area (Å²) in [6.07, 6.45) is 3.85. The zero-order valence-electron chi connectivity index (χ0n) is 10.7. The molecule has 0 heterocycles. The Hall–Kier alpha value is -1.05. The number of rotatable bonds is 4. The van der Waals surface area contributed by atoms with Crippen molar-refractivity contribution in [1.82, 2.24) is 4.90 Å². The summed E-state index contributed by atoms with van der Waals surface area (Å²) >= 11 is 6.10. The second-order valence-electron chi connectivity index (χ2n) is 5.24. The van der Waals surface area contributed by atoms with Crippen LogP contribution >= 0.6 is 11.6 Å². The highest BCUT2D eigenvalue weighted by Crippen LogP contribution is 2.27. The van der Waals surface area contributed by atoms with Gasteiger partial charge in [0, 0.05) is 17.6 Å². The molecule has 0 radical (unpaired) electrons. The van der Waals surface area contributed by atoms with Crippen LogP contribution in [0.1, 0.15) is 18.4 Å². The first-order valence-corrected chi connectivity index (χ1v) is 6.99. The minimum Gasteiger partial charge on any atom is -0.303 e. The average Bonchev–Trinajstić information content (AvgIpc) is 3.20. The maximum atomic E-state index is 6.10. The highest BCUT2D eigenvalue weighted by molar-refractivity contribution is 6.31. The molecule has 3 rings (SSSR count). The zero-order valence-corrected chi connectivity index (χ0v) is 11.5. The first kappa shape index (κ1) is 12.0. The monoisotopic (exact) mass is 259 g/mol. The lowest BCUT2D eigenvalue weighted by molar-refractivity contribution is 0.329. The van der Waals surface area contributed by atoms with E-state index in [1.165, 1.54) is 29.2 Å². The van der Waals surface area contributed by atoms with Gasteiger partial charge >= 0.3 is 0 Å². The summed E-state index contributed by atoms with van der Waals surface area (Å²) in [5.74, 6) is 0. The van der Waals surface area contributed by atoms with Crippen LogP contribution in [0, 0.1) is 0 Å². The molecule has 0 bridgehead atoms. The number of hydrogen-bond acceptors (Lipinski definition) is 1. The fourth-order valence-corrected chi connectivity index (χ4v) is 2.69. The van der Waals surface area contributed by atoms with E-state index >= 15 is 0 Å². The summed E-state index contributed by atoms with van der Waals surface area (Å²) in [4.78, 5) is 2.48. The maximum Gasteiger partial charge on any atom is 0.0412 e. The van der Waals surface area contributed by atoms with Crippen molar-refractivity contribution in [1.29, 1.82) is 0 Å². The molecule has 0 saturated heterocycles. The molecule has 0 amide bonds. The first-order chi connectivity index (χ1) is 8.74. The van der Waals surface area contributed by atoms with Crippen molar-refractivity contribution in [2.24, 2.45) is 0 Å². The Morgan fingerprint density at radius 3 is 2.83 bits per heavy atom. The van der Waals surface area contributed by atoms with Gasteiger partial charge < -0.3 is 4.90 Å². The summed E-state index contributed by atoms with van der Waals surface area (Å²) in [5.41, 5.74) is 1.41. The molecule has 1 aliphatic carbocycles. The van der Waals surface area contributed by atoms with E-state index in [1.54, 1.807) is 0 Å². The Labute approximate surface area is 113 Å². The molecule has 1 fully saturated rings. The topological polar surface area (TPSA) is 3.24 Å². The number of nitrogens with zero attached hydrogens (tertiary/aromatic N) is 1. The van der Waals surface area contributed by atoms with Gasteiger partial charge in [0.25, 0.3) is 0 Å². The minimum atomic E-state index is 0.825. The number of benzene rings is 2. The molecule has 0 N–H and O–H groups in total. The van der Waals surface area contributed by atoms with Gasteiger partial charge in [-0.1, -0.05) is 35.9 Å². The molecule has 1 nitrogen and oxygen atoms in total. The SMILES string of the molecule is CN(CCc1cccc2ccc(Cl)cc12)C1CC1. The molecule has 2 aromatic rings. The van der Waals surface area contributed by atoms with Gasteiger partial charge in [0.15, 0.2) is 0 Å². The lowest BCUT2D eigenvalue weighted by atomic mass is 10.0. The third-order valence-corrected chi connectivity index (χ3v) is 4.07. The van der Waals surface area contributed by atoms with Crippen LogP contribution in [0.5, 0.6) is 0 Å². The van der Waals surface area contributed by atoms with E-state index in [0.717, 1.165) is 24.0 Å². The number of likely N-dealkylation sites (N-methyl/N-ethyl adjacent to an activating group) is 1. The van der Waals surface area contributed by atoms with Crippen molar-refractivity contribution in [2.45, 2.75) is 25.3 Å². The summed E-state index contributed by atoms with van der Waals surface area (Å²) in [6, 6.07) is 13.5. The third-order valence-electron chi connectivity index (χ3n) is 3.84. The van der Waals surface area contributed by atoms with Gasteiger partial charge in [-0.2, -0.15) is 0 Å². The number of fused-ring (bicyclic) bond motifs is 1. The molecular formula is C16H18ClN. The van der Waals surface area contributed by atoms with Crippen molar-refractivity contribution >= 4 is 22.4 Å². The van der Waals surface area contributed by atoms with E-state index < -0.39 is 0 Å². The lowest BCUT2D eigenvalue weighted by Crippen LogP contribution is -2.23. The van der Waals surface area contributed by atoms with Crippen LogP contribution < -0.4 is 0 Å². The van der Waals surface area contributed by atoms with Crippen LogP contribution in [-0.4, -0.2) is 24.5 Å². The molecule has 0 aromatic heterocycles. The smallest absolute Gasteiger partial charge is 0.0412 e. The van der Waals surface area contributed by atoms with Gasteiger partial charge in [-0.05, 0) is 54.8 Å². The predicted octanol–water partition coefficient (Wildman–Crippen LogP) is 4.13. The molecule has 0 aliphatic heterocycles. The molecule has 0 spiro atoms. The Morgan fingerprint density at radius 1 is 1.22 bits per heavy atom. The van der Waals surface area contributed by atoms with Crippen molar-refractivity contribution in [3.05, 3.63) is 47.0 Å². The second kappa shape index (κ2) is 4.91. The van der Waals surface area contributed by atoms with Crippen molar-refractivity contribution in [3.63, 3.8) is 0 Å². The highest BCUT2D eigenvalue weighted by atomic mass is 35.5. The van der Waals surface area contributed by atoms with Crippen LogP contribution in [0.2, 0.25) is 5.02 Å². The van der Waals surface area contributed by atoms with E-state index in [-0.39, 0.29) is 0 Å². The molecule has 18 heavy (non-hydrogen) atoms. The molecule has 0 atom stereocenters. The molecule has 2 aromatic carbocycles. The van der Waals surface area contributed by atoms with Gasteiger partial charge in [-0.15, -0.1) is 0 Å². The summed E-state index contributed by atoms with van der Waals surface area (Å²) < 4.78 is 0. The normalized spacial score (nSPS) is 15.5. The third kappa shape index (κ3) is 2.52. The molecule has 1 saturated carbocycles. The lowest BCUT2D eigenvalue weighted by Gasteiger charge is -2.16. The fourth-order valence-electron chi connectivity index (χ4n) is 2.52. The minimum absolute atomic E-state index is 0.825. The second-order valence-corrected chi connectivity index (χ2v) is 5.68. The van der Waals surface area contributed by atoms with Gasteiger partial charge in [0.05, 0.1) is 0 Å². The van der Waals surface area contributed by atoms with E-state index in [1.807, 2.05) is 6.07 Å². The molecule has 2 heteroatoms. The van der Waals surface area contributed by atoms with Crippen molar-refractivity contribution in [3.8, 4) is 0 Å². The highest BCUT2D eigenvalue weighted by Gasteiger charge is 2.25. The summed E-state index contributed by atoms with van der Waals surface area (Å²) in [5, 5.41) is 3.41. The van der Waals surface area contributed by atoms with E-state index in [0.29, 0.717) is 0 Å². The number of halogens is 1. The Kier molecular flexibility index (Phi) is 3.27. The van der Waals surface area contributed by atoms with Gasteiger partial charge in [-0.3, -0.25) is 0 Å². The largest absolute Gasteiger partial charge is 0.303 e. The van der Waals surface area contributed by atoms with Crippen molar-refractivity contribution in [2.75, 3.05) is 13.6 Å². The quantitative estimate of drug-likeness (QED) is 0.798. The Bertz CT molecular complexity index is 560. The zero-order chi connectivity index (χ0) is 12.5. The maximum absolute atomic E-state index is 6.10. The van der Waals surface area contributed by atoms with E-state index in [4.69, 9.17) is 11.6 Å². The van der Waals surface area contributed by atoms with Gasteiger partial charge in [0.2, 0.25) is 0 Å². The molecular weight excluding hydrogens is 242 g/mol. The average molecular weight is 260 g/mol. The summed E-state index contributed by atoms with van der Waals surface area (Å²) in [6.45, 7) is 1.14. The predicted molar refractivity (Wildman–Crippen MR) is 78.3 cm³/mol. The number of hydrogen-bond donors (Lipinski definition) is 0. The standard InChI is InChI=1S/C16H18ClN/c1-18(15-7-8-15)10-9-13-4-2-3-12-5-6-14(17)11-16(12)13/h2-6,11,15H,7-10H2,1H3. The van der Waals surface area contributed by atoms with Gasteiger partial charge in [0.1, 0.15) is 0 Å². The van der Waals surface area contributed by atoms with E-state index in [9.17, 15) is 0 Å². The Balaban J connectivity index is 1.83.